The van der Waals surface area contributed by atoms with E-state index in [1.165, 1.54) is 39.4 Å². The van der Waals surface area contributed by atoms with Gasteiger partial charge in [-0.3, -0.25) is 4.79 Å². The zero-order valence-electron chi connectivity index (χ0n) is 17.2. The van der Waals surface area contributed by atoms with E-state index in [-0.39, 0.29) is 16.2 Å². The maximum absolute atomic E-state index is 12.8. The van der Waals surface area contributed by atoms with Crippen molar-refractivity contribution < 1.29 is 32.2 Å². The number of rotatable bonds is 7. The molecule has 162 valence electrons. The van der Waals surface area contributed by atoms with Gasteiger partial charge in [-0.05, 0) is 37.3 Å². The van der Waals surface area contributed by atoms with Gasteiger partial charge < -0.3 is 24.3 Å². The molecule has 0 fully saturated rings. The highest BCUT2D eigenvalue weighted by Crippen LogP contribution is 2.40. The quantitative estimate of drug-likeness (QED) is 0.711. The lowest BCUT2D eigenvalue weighted by atomic mass is 10.1. The number of hydrogen-bond acceptors (Lipinski definition) is 7. The minimum Gasteiger partial charge on any atom is -0.493 e. The van der Waals surface area contributed by atoms with Crippen molar-refractivity contribution in [1.82, 2.24) is 4.31 Å². The number of carbonyl (C=O) groups excluding carboxylic acids is 1. The second-order valence-electron chi connectivity index (χ2n) is 6.54. The zero-order valence-corrected chi connectivity index (χ0v) is 18.0. The summed E-state index contributed by atoms with van der Waals surface area (Å²) in [5.74, 6) is 0.988. The van der Waals surface area contributed by atoms with Gasteiger partial charge in [0.2, 0.25) is 15.8 Å². The molecule has 1 aliphatic rings. The predicted molar refractivity (Wildman–Crippen MR) is 110 cm³/mol. The van der Waals surface area contributed by atoms with E-state index in [0.29, 0.717) is 42.8 Å². The van der Waals surface area contributed by atoms with Crippen molar-refractivity contribution in [2.24, 2.45) is 0 Å². The third-order valence-electron chi connectivity index (χ3n) is 4.35. The molecule has 0 saturated carbocycles. The van der Waals surface area contributed by atoms with Gasteiger partial charge in [-0.2, -0.15) is 0 Å². The average molecular weight is 436 g/mol. The van der Waals surface area contributed by atoms with Crippen molar-refractivity contribution in [3.8, 4) is 23.0 Å². The van der Waals surface area contributed by atoms with Crippen molar-refractivity contribution in [3.63, 3.8) is 0 Å². The molecule has 1 amide bonds. The molecule has 2 aromatic carbocycles. The fourth-order valence-electron chi connectivity index (χ4n) is 2.87. The van der Waals surface area contributed by atoms with Gasteiger partial charge in [0.05, 0.1) is 13.7 Å². The van der Waals surface area contributed by atoms with E-state index in [1.807, 2.05) is 0 Å². The van der Waals surface area contributed by atoms with Gasteiger partial charge in [0.25, 0.3) is 5.91 Å². The summed E-state index contributed by atoms with van der Waals surface area (Å²) in [5, 5.41) is 2.71. The van der Waals surface area contributed by atoms with E-state index in [9.17, 15) is 13.2 Å². The molecule has 2 aromatic rings. The smallest absolute Gasteiger partial charge is 0.255 e. The number of anilines is 1. The molecule has 3 rings (SSSR count). The van der Waals surface area contributed by atoms with Crippen LogP contribution in [0.2, 0.25) is 0 Å². The number of methoxy groups -OCH3 is 1. The minimum absolute atomic E-state index is 0.0353. The lowest BCUT2D eigenvalue weighted by Crippen LogP contribution is -2.23. The number of carbonyl (C=O) groups is 1. The number of fused-ring (bicyclic) bond motifs is 1. The molecule has 0 atom stereocenters. The highest BCUT2D eigenvalue weighted by atomic mass is 32.2. The third-order valence-corrected chi connectivity index (χ3v) is 6.19. The summed E-state index contributed by atoms with van der Waals surface area (Å²) in [6.45, 7) is 2.83. The van der Waals surface area contributed by atoms with Crippen LogP contribution in [0.25, 0.3) is 0 Å². The number of nitrogens with zero attached hydrogens (tertiary/aromatic N) is 1. The molecule has 1 N–H and O–H groups in total. The Labute approximate surface area is 175 Å². The van der Waals surface area contributed by atoms with Gasteiger partial charge in [0.1, 0.15) is 23.9 Å². The van der Waals surface area contributed by atoms with E-state index < -0.39 is 15.9 Å². The molecule has 0 saturated heterocycles. The number of benzene rings is 2. The van der Waals surface area contributed by atoms with Gasteiger partial charge in [-0.15, -0.1) is 0 Å². The summed E-state index contributed by atoms with van der Waals surface area (Å²) in [4.78, 5) is 12.8. The second kappa shape index (κ2) is 8.80. The molecule has 10 heteroatoms. The first-order valence-electron chi connectivity index (χ1n) is 9.26. The lowest BCUT2D eigenvalue weighted by Gasteiger charge is -2.21. The predicted octanol–water partition coefficient (Wildman–Crippen LogP) is 2.37. The topological polar surface area (TPSA) is 103 Å². The molecule has 30 heavy (non-hydrogen) atoms. The van der Waals surface area contributed by atoms with Gasteiger partial charge in [0.15, 0.2) is 11.5 Å². The first-order valence-corrected chi connectivity index (χ1v) is 10.7. The standard InChI is InChI=1S/C20H24N2O7S/c1-5-27-15-7-6-14(12-18(15)30(24,25)22(2)3)21-20(23)13-10-16(26-4)19-17(11-13)28-8-9-29-19/h6-7,10-12H,5,8-9H2,1-4H3,(H,21,23). The van der Waals surface area contributed by atoms with Crippen LogP contribution in [0.5, 0.6) is 23.0 Å². The third kappa shape index (κ3) is 4.29. The van der Waals surface area contributed by atoms with Crippen LogP contribution in [0.15, 0.2) is 35.2 Å². The molecule has 0 aliphatic carbocycles. The average Bonchev–Trinajstić information content (AvgIpc) is 2.73. The van der Waals surface area contributed by atoms with Gasteiger partial charge >= 0.3 is 0 Å². The molecule has 0 spiro atoms. The number of hydrogen-bond donors (Lipinski definition) is 1. The SMILES string of the molecule is CCOc1ccc(NC(=O)c2cc(OC)c3c(c2)OCCO3)cc1S(=O)(=O)N(C)C. The summed E-state index contributed by atoms with van der Waals surface area (Å²) >= 11 is 0. The number of nitrogens with one attached hydrogen (secondary N) is 1. The van der Waals surface area contributed by atoms with E-state index in [4.69, 9.17) is 18.9 Å². The van der Waals surface area contributed by atoms with Crippen molar-refractivity contribution in [2.75, 3.05) is 46.3 Å². The lowest BCUT2D eigenvalue weighted by molar-refractivity contribution is 0.102. The number of sulfonamides is 1. The molecule has 1 aliphatic heterocycles. The van der Waals surface area contributed by atoms with Crippen LogP contribution < -0.4 is 24.3 Å². The van der Waals surface area contributed by atoms with Crippen molar-refractivity contribution >= 4 is 21.6 Å². The summed E-state index contributed by atoms with van der Waals surface area (Å²) in [6.07, 6.45) is 0. The molecule has 0 radical (unpaired) electrons. The van der Waals surface area contributed by atoms with Crippen LogP contribution in [-0.2, 0) is 10.0 Å². The van der Waals surface area contributed by atoms with Crippen LogP contribution in [0.1, 0.15) is 17.3 Å². The normalized spacial score (nSPS) is 13.1. The van der Waals surface area contributed by atoms with Crippen LogP contribution in [0.3, 0.4) is 0 Å². The largest absolute Gasteiger partial charge is 0.493 e. The molecule has 1 heterocycles. The Morgan fingerprint density at radius 3 is 2.53 bits per heavy atom. The van der Waals surface area contributed by atoms with Crippen LogP contribution in [-0.4, -0.2) is 59.7 Å². The molecule has 0 bridgehead atoms. The molecular formula is C20H24N2O7S. The summed E-state index contributed by atoms with van der Waals surface area (Å²) in [7, 11) is 0.554. The van der Waals surface area contributed by atoms with Crippen LogP contribution in [0.4, 0.5) is 5.69 Å². The zero-order chi connectivity index (χ0) is 21.9. The van der Waals surface area contributed by atoms with Crippen LogP contribution >= 0.6 is 0 Å². The molecule has 0 unspecified atom stereocenters. The highest BCUT2D eigenvalue weighted by Gasteiger charge is 2.24. The molecule has 9 nitrogen and oxygen atoms in total. The van der Waals surface area contributed by atoms with Crippen molar-refractivity contribution in [1.29, 1.82) is 0 Å². The monoisotopic (exact) mass is 436 g/mol. The first kappa shape index (κ1) is 21.7. The number of ether oxygens (including phenoxy) is 4. The number of amides is 1. The Balaban J connectivity index is 1.94. The van der Waals surface area contributed by atoms with Gasteiger partial charge in [-0.25, -0.2) is 12.7 Å². The minimum atomic E-state index is -3.77. The fourth-order valence-corrected chi connectivity index (χ4v) is 3.92. The Hall–Kier alpha value is -2.98. The van der Waals surface area contributed by atoms with Crippen LogP contribution in [0, 0.1) is 0 Å². The summed E-state index contributed by atoms with van der Waals surface area (Å²) in [6, 6.07) is 7.55. The maximum Gasteiger partial charge on any atom is 0.255 e. The van der Waals surface area contributed by atoms with Gasteiger partial charge in [-0.1, -0.05) is 0 Å². The Bertz CT molecular complexity index is 1030. The van der Waals surface area contributed by atoms with Gasteiger partial charge in [0, 0.05) is 25.3 Å². The maximum atomic E-state index is 12.8. The van der Waals surface area contributed by atoms with E-state index >= 15 is 0 Å². The first-order chi connectivity index (χ1) is 14.3. The Kier molecular flexibility index (Phi) is 6.37. The van der Waals surface area contributed by atoms with E-state index in [1.54, 1.807) is 19.1 Å². The van der Waals surface area contributed by atoms with Crippen molar-refractivity contribution in [2.45, 2.75) is 11.8 Å². The molecule has 0 aromatic heterocycles. The summed E-state index contributed by atoms with van der Waals surface area (Å²) in [5.41, 5.74) is 0.583. The van der Waals surface area contributed by atoms with E-state index in [2.05, 4.69) is 5.32 Å². The fraction of sp³-hybridized carbons (Fsp3) is 0.350. The van der Waals surface area contributed by atoms with E-state index in [0.717, 1.165) is 4.31 Å². The van der Waals surface area contributed by atoms with Crippen molar-refractivity contribution in [3.05, 3.63) is 35.9 Å². The molecular weight excluding hydrogens is 412 g/mol. The second-order valence-corrected chi connectivity index (χ2v) is 8.66. The Morgan fingerprint density at radius 2 is 1.87 bits per heavy atom. The highest BCUT2D eigenvalue weighted by molar-refractivity contribution is 7.89. The summed E-state index contributed by atoms with van der Waals surface area (Å²) < 4.78 is 48.3. The Morgan fingerprint density at radius 1 is 1.13 bits per heavy atom.